The number of hydrogen-bond acceptors (Lipinski definition) is 2. The molecule has 1 fully saturated rings. The van der Waals surface area contributed by atoms with Gasteiger partial charge < -0.3 is 4.74 Å². The van der Waals surface area contributed by atoms with Crippen LogP contribution in [0.3, 0.4) is 0 Å². The zero-order valence-corrected chi connectivity index (χ0v) is 6.53. The Morgan fingerprint density at radius 2 is 2.33 bits per heavy atom. The van der Waals surface area contributed by atoms with E-state index in [-0.39, 0.29) is 5.50 Å². The van der Waals surface area contributed by atoms with Gasteiger partial charge in [-0.2, -0.15) is 4.42 Å². The van der Waals surface area contributed by atoms with Gasteiger partial charge in [0.1, 0.15) is 5.50 Å². The summed E-state index contributed by atoms with van der Waals surface area (Å²) in [5, 5.41) is 0. The van der Waals surface area contributed by atoms with E-state index >= 15 is 0 Å². The average molecular weight is 170 g/mol. The van der Waals surface area contributed by atoms with Gasteiger partial charge in [-0.1, -0.05) is 0 Å². The lowest BCUT2D eigenvalue weighted by Crippen LogP contribution is -2.23. The van der Waals surface area contributed by atoms with Crippen LogP contribution in [0, 0.1) is 0 Å². The molecular formula is C5H9Cl2NO. The standard InChI is InChI=1S/C5H9Cl2NO/c6-5-4-9-3-1-2-8(5)7/h5H,1-4H2. The van der Waals surface area contributed by atoms with Gasteiger partial charge in [0.25, 0.3) is 0 Å². The number of alkyl halides is 1. The Morgan fingerprint density at radius 3 is 3.11 bits per heavy atom. The average Bonchev–Trinajstić information content (AvgIpc) is 1.99. The van der Waals surface area contributed by atoms with Crippen LogP contribution in [-0.2, 0) is 4.74 Å². The molecule has 1 saturated heterocycles. The molecule has 0 aromatic carbocycles. The third-order valence-corrected chi connectivity index (χ3v) is 2.09. The summed E-state index contributed by atoms with van der Waals surface area (Å²) in [5.41, 5.74) is -0.158. The minimum absolute atomic E-state index is 0.158. The molecule has 1 aliphatic rings. The minimum atomic E-state index is -0.158. The summed E-state index contributed by atoms with van der Waals surface area (Å²) in [6, 6.07) is 0. The van der Waals surface area contributed by atoms with Gasteiger partial charge in [0.2, 0.25) is 0 Å². The van der Waals surface area contributed by atoms with Crippen molar-refractivity contribution in [3.63, 3.8) is 0 Å². The van der Waals surface area contributed by atoms with E-state index in [4.69, 9.17) is 28.1 Å². The highest BCUT2D eigenvalue weighted by molar-refractivity contribution is 6.25. The van der Waals surface area contributed by atoms with E-state index in [2.05, 4.69) is 0 Å². The molecule has 2 nitrogen and oxygen atoms in total. The summed E-state index contributed by atoms with van der Waals surface area (Å²) >= 11 is 11.4. The SMILES string of the molecule is ClC1COCCCN1Cl. The van der Waals surface area contributed by atoms with Crippen molar-refractivity contribution in [3.05, 3.63) is 0 Å². The molecule has 1 unspecified atom stereocenters. The number of nitrogens with zero attached hydrogens (tertiary/aromatic N) is 1. The highest BCUT2D eigenvalue weighted by Gasteiger charge is 2.15. The second-order valence-electron chi connectivity index (χ2n) is 1.99. The lowest BCUT2D eigenvalue weighted by Gasteiger charge is -2.13. The summed E-state index contributed by atoms with van der Waals surface area (Å²) in [5.74, 6) is 0. The van der Waals surface area contributed by atoms with Crippen molar-refractivity contribution < 1.29 is 4.74 Å². The number of ether oxygens (including phenoxy) is 1. The van der Waals surface area contributed by atoms with Gasteiger partial charge in [-0.05, 0) is 18.2 Å². The topological polar surface area (TPSA) is 12.5 Å². The minimum Gasteiger partial charge on any atom is -0.378 e. The van der Waals surface area contributed by atoms with Gasteiger partial charge in [0.05, 0.1) is 6.61 Å². The van der Waals surface area contributed by atoms with Crippen LogP contribution in [0.4, 0.5) is 0 Å². The van der Waals surface area contributed by atoms with E-state index in [1.165, 1.54) is 0 Å². The smallest absolute Gasteiger partial charge is 0.122 e. The summed E-state index contributed by atoms with van der Waals surface area (Å²) in [4.78, 5) is 0. The van der Waals surface area contributed by atoms with Crippen LogP contribution in [0.2, 0.25) is 0 Å². The van der Waals surface area contributed by atoms with Crippen LogP contribution in [0.1, 0.15) is 6.42 Å². The van der Waals surface area contributed by atoms with Gasteiger partial charge in [0.15, 0.2) is 0 Å². The molecule has 9 heavy (non-hydrogen) atoms. The summed E-state index contributed by atoms with van der Waals surface area (Å²) < 4.78 is 6.70. The second-order valence-corrected chi connectivity index (χ2v) is 2.92. The molecule has 4 heteroatoms. The Labute approximate surface area is 64.8 Å². The predicted octanol–water partition coefficient (Wildman–Crippen LogP) is 1.43. The molecule has 1 rings (SSSR count). The third kappa shape index (κ3) is 2.30. The van der Waals surface area contributed by atoms with E-state index in [0.717, 1.165) is 19.6 Å². The van der Waals surface area contributed by atoms with Crippen LogP contribution in [0.15, 0.2) is 0 Å². The van der Waals surface area contributed by atoms with Crippen molar-refractivity contribution in [2.75, 3.05) is 19.8 Å². The summed E-state index contributed by atoms with van der Waals surface area (Å²) in [6.45, 7) is 2.12. The molecule has 0 aromatic rings. The molecule has 1 heterocycles. The highest BCUT2D eigenvalue weighted by atomic mass is 35.5. The molecule has 0 spiro atoms. The molecule has 0 N–H and O–H groups in total. The van der Waals surface area contributed by atoms with Gasteiger partial charge in [-0.25, -0.2) is 0 Å². The van der Waals surface area contributed by atoms with Crippen molar-refractivity contribution in [2.45, 2.75) is 11.9 Å². The highest BCUT2D eigenvalue weighted by Crippen LogP contribution is 2.12. The van der Waals surface area contributed by atoms with Crippen LogP contribution < -0.4 is 0 Å². The largest absolute Gasteiger partial charge is 0.378 e. The number of hydrogen-bond donors (Lipinski definition) is 0. The molecule has 0 amide bonds. The second kappa shape index (κ2) is 3.62. The first-order valence-corrected chi connectivity index (χ1v) is 3.72. The van der Waals surface area contributed by atoms with Crippen LogP contribution in [-0.4, -0.2) is 29.7 Å². The molecule has 54 valence electrons. The molecular weight excluding hydrogens is 161 g/mol. The zero-order chi connectivity index (χ0) is 6.69. The van der Waals surface area contributed by atoms with E-state index in [1.807, 2.05) is 0 Å². The van der Waals surface area contributed by atoms with Crippen molar-refractivity contribution in [1.29, 1.82) is 0 Å². The van der Waals surface area contributed by atoms with Crippen LogP contribution in [0.25, 0.3) is 0 Å². The van der Waals surface area contributed by atoms with Crippen molar-refractivity contribution >= 4 is 23.4 Å². The van der Waals surface area contributed by atoms with Crippen molar-refractivity contribution in [1.82, 2.24) is 4.42 Å². The fourth-order valence-electron chi connectivity index (χ4n) is 0.719. The first kappa shape index (κ1) is 7.61. The van der Waals surface area contributed by atoms with Crippen LogP contribution in [0.5, 0.6) is 0 Å². The van der Waals surface area contributed by atoms with E-state index in [1.54, 1.807) is 4.42 Å². The monoisotopic (exact) mass is 169 g/mol. The first-order valence-electron chi connectivity index (χ1n) is 2.95. The van der Waals surface area contributed by atoms with Gasteiger partial charge >= 0.3 is 0 Å². The van der Waals surface area contributed by atoms with Crippen molar-refractivity contribution in [3.8, 4) is 0 Å². The Balaban J connectivity index is 2.32. The Hall–Kier alpha value is 0.500. The maximum absolute atomic E-state index is 5.74. The molecule has 0 radical (unpaired) electrons. The lowest BCUT2D eigenvalue weighted by atomic mass is 10.5. The Morgan fingerprint density at radius 1 is 1.56 bits per heavy atom. The summed E-state index contributed by atoms with van der Waals surface area (Å²) in [7, 11) is 0. The Kier molecular flexibility index (Phi) is 3.06. The van der Waals surface area contributed by atoms with Gasteiger partial charge in [-0.15, -0.1) is 11.6 Å². The van der Waals surface area contributed by atoms with E-state index < -0.39 is 0 Å². The van der Waals surface area contributed by atoms with Crippen molar-refractivity contribution in [2.24, 2.45) is 0 Å². The third-order valence-electron chi connectivity index (χ3n) is 1.22. The van der Waals surface area contributed by atoms with E-state index in [9.17, 15) is 0 Å². The van der Waals surface area contributed by atoms with E-state index in [0.29, 0.717) is 6.61 Å². The summed E-state index contributed by atoms with van der Waals surface area (Å²) in [6.07, 6.45) is 0.965. The first-order chi connectivity index (χ1) is 4.30. The molecule has 0 bridgehead atoms. The van der Waals surface area contributed by atoms with Crippen LogP contribution >= 0.6 is 23.4 Å². The quantitative estimate of drug-likeness (QED) is 0.309. The van der Waals surface area contributed by atoms with Gasteiger partial charge in [-0.3, -0.25) is 0 Å². The lowest BCUT2D eigenvalue weighted by molar-refractivity contribution is 0.140. The predicted molar refractivity (Wildman–Crippen MR) is 37.6 cm³/mol. The molecule has 0 aliphatic carbocycles. The number of rotatable bonds is 0. The maximum atomic E-state index is 5.74. The fourth-order valence-corrected chi connectivity index (χ4v) is 1.08. The maximum Gasteiger partial charge on any atom is 0.122 e. The Bertz CT molecular complexity index is 81.0. The normalized spacial score (nSPS) is 32.0. The molecule has 0 saturated carbocycles. The molecule has 0 aromatic heterocycles. The molecule has 1 aliphatic heterocycles. The molecule has 1 atom stereocenters. The fraction of sp³-hybridized carbons (Fsp3) is 1.00. The number of halogens is 2. The van der Waals surface area contributed by atoms with Gasteiger partial charge in [0, 0.05) is 13.2 Å². The zero-order valence-electron chi connectivity index (χ0n) is 5.02.